The first-order valence-corrected chi connectivity index (χ1v) is 10.5. The molecule has 0 aliphatic heterocycles. The first-order valence-electron chi connectivity index (χ1n) is 9.73. The van der Waals surface area contributed by atoms with Gasteiger partial charge in [0.05, 0.1) is 18.8 Å². The van der Waals surface area contributed by atoms with Crippen molar-refractivity contribution in [2.45, 2.75) is 51.6 Å². The summed E-state index contributed by atoms with van der Waals surface area (Å²) in [6, 6.07) is 3.93. The maximum atomic E-state index is 13.5. The number of rotatable bonds is 12. The average Bonchev–Trinajstić information content (AvgIpc) is 3.19. The summed E-state index contributed by atoms with van der Waals surface area (Å²) < 4.78 is 51.3. The summed E-state index contributed by atoms with van der Waals surface area (Å²) in [4.78, 5) is 0. The molecule has 1 N–H and O–H groups in total. The summed E-state index contributed by atoms with van der Waals surface area (Å²) in [6.07, 6.45) is -1.21. The summed E-state index contributed by atoms with van der Waals surface area (Å²) in [7, 11) is 0. The second-order valence-corrected chi connectivity index (χ2v) is 7.77. The van der Waals surface area contributed by atoms with Crippen molar-refractivity contribution < 1.29 is 27.8 Å². The van der Waals surface area contributed by atoms with Crippen LogP contribution in [0.4, 0.5) is 13.2 Å². The van der Waals surface area contributed by atoms with Crippen molar-refractivity contribution in [2.24, 2.45) is 0 Å². The first kappa shape index (κ1) is 23.6. The van der Waals surface area contributed by atoms with Crippen LogP contribution in [0.5, 0.6) is 5.75 Å². The molecule has 1 aromatic carbocycles. The van der Waals surface area contributed by atoms with Gasteiger partial charge in [-0.1, -0.05) is 25.2 Å². The minimum atomic E-state index is -4.54. The Hall–Kier alpha value is -1.71. The zero-order valence-corrected chi connectivity index (χ0v) is 17.5. The van der Waals surface area contributed by atoms with Gasteiger partial charge in [0.2, 0.25) is 0 Å². The molecule has 5 nitrogen and oxygen atoms in total. The van der Waals surface area contributed by atoms with Gasteiger partial charge in [0.25, 0.3) is 0 Å². The third-order valence-electron chi connectivity index (χ3n) is 4.21. The molecule has 1 aromatic heterocycles. The lowest BCUT2D eigenvalue weighted by molar-refractivity contribution is -0.138. The largest absolute Gasteiger partial charge is 0.493 e. The zero-order valence-electron chi connectivity index (χ0n) is 16.7. The van der Waals surface area contributed by atoms with Crippen molar-refractivity contribution in [1.29, 1.82) is 0 Å². The number of benzene rings is 1. The fourth-order valence-electron chi connectivity index (χ4n) is 2.55. The van der Waals surface area contributed by atoms with E-state index >= 15 is 0 Å². The molecule has 0 bridgehead atoms. The average molecular weight is 433 g/mol. The third kappa shape index (κ3) is 7.24. The lowest BCUT2D eigenvalue weighted by atomic mass is 10.1. The SMILES string of the molecule is CCCOCCCCCOc1ccc(-c2nnc(C(C)CO)s2)cc1C(F)(F)F. The Morgan fingerprint density at radius 3 is 2.55 bits per heavy atom. The lowest BCUT2D eigenvalue weighted by Gasteiger charge is -2.15. The van der Waals surface area contributed by atoms with Crippen molar-refractivity contribution in [2.75, 3.05) is 26.4 Å². The molecule has 0 saturated carbocycles. The van der Waals surface area contributed by atoms with Gasteiger partial charge in [-0.3, -0.25) is 0 Å². The van der Waals surface area contributed by atoms with Crippen molar-refractivity contribution in [3.8, 4) is 16.3 Å². The van der Waals surface area contributed by atoms with Crippen LogP contribution < -0.4 is 4.74 Å². The van der Waals surface area contributed by atoms with Crippen molar-refractivity contribution in [3.63, 3.8) is 0 Å². The Labute approximate surface area is 172 Å². The molecule has 2 aromatic rings. The van der Waals surface area contributed by atoms with E-state index in [1.165, 1.54) is 17.4 Å². The predicted octanol–water partition coefficient (Wildman–Crippen LogP) is 5.30. The van der Waals surface area contributed by atoms with Crippen LogP contribution in [0, 0.1) is 0 Å². The van der Waals surface area contributed by atoms with Crippen molar-refractivity contribution in [1.82, 2.24) is 10.2 Å². The molecule has 0 fully saturated rings. The van der Waals surface area contributed by atoms with E-state index in [2.05, 4.69) is 10.2 Å². The molecule has 162 valence electrons. The van der Waals surface area contributed by atoms with Crippen molar-refractivity contribution >= 4 is 11.3 Å². The molecule has 29 heavy (non-hydrogen) atoms. The van der Waals surface area contributed by atoms with Crippen LogP contribution in [0.15, 0.2) is 18.2 Å². The Kier molecular flexibility index (Phi) is 9.32. The fraction of sp³-hybridized carbons (Fsp3) is 0.600. The summed E-state index contributed by atoms with van der Waals surface area (Å²) in [5, 5.41) is 18.1. The smallest absolute Gasteiger partial charge is 0.419 e. The molecule has 0 amide bonds. The summed E-state index contributed by atoms with van der Waals surface area (Å²) >= 11 is 1.17. The summed E-state index contributed by atoms with van der Waals surface area (Å²) in [6.45, 7) is 5.32. The number of unbranched alkanes of at least 4 members (excludes halogenated alkanes) is 2. The maximum absolute atomic E-state index is 13.5. The molecule has 1 atom stereocenters. The van der Waals surface area contributed by atoms with Gasteiger partial charge >= 0.3 is 6.18 Å². The molecule has 2 rings (SSSR count). The molecule has 0 aliphatic rings. The monoisotopic (exact) mass is 432 g/mol. The molecule has 0 spiro atoms. The highest BCUT2D eigenvalue weighted by Gasteiger charge is 2.35. The molecule has 1 unspecified atom stereocenters. The van der Waals surface area contributed by atoms with E-state index in [0.29, 0.717) is 28.6 Å². The fourth-order valence-corrected chi connectivity index (χ4v) is 3.43. The number of aliphatic hydroxyl groups excluding tert-OH is 1. The lowest BCUT2D eigenvalue weighted by Crippen LogP contribution is -2.10. The van der Waals surface area contributed by atoms with Gasteiger partial charge < -0.3 is 14.6 Å². The standard InChI is InChI=1S/C20H27F3N2O3S/c1-3-9-27-10-5-4-6-11-28-17-8-7-15(12-16(17)20(21,22)23)19-25-24-18(29-19)14(2)13-26/h7-8,12,14,26H,3-6,9-11,13H2,1-2H3. The second kappa shape index (κ2) is 11.5. The van der Waals surface area contributed by atoms with Crippen LogP contribution >= 0.6 is 11.3 Å². The number of aliphatic hydroxyl groups is 1. The number of alkyl halides is 3. The molecule has 0 radical (unpaired) electrons. The molecular weight excluding hydrogens is 405 g/mol. The van der Waals surface area contributed by atoms with Crippen LogP contribution in [0.2, 0.25) is 0 Å². The van der Waals surface area contributed by atoms with E-state index < -0.39 is 11.7 Å². The Morgan fingerprint density at radius 2 is 1.86 bits per heavy atom. The van der Waals surface area contributed by atoms with Crippen LogP contribution in [-0.2, 0) is 10.9 Å². The second-order valence-electron chi connectivity index (χ2n) is 6.76. The van der Waals surface area contributed by atoms with Crippen molar-refractivity contribution in [3.05, 3.63) is 28.8 Å². The van der Waals surface area contributed by atoms with Gasteiger partial charge in [-0.05, 0) is 43.9 Å². The van der Waals surface area contributed by atoms with E-state index in [0.717, 1.165) is 31.9 Å². The molecule has 0 saturated heterocycles. The van der Waals surface area contributed by atoms with Gasteiger partial charge in [0, 0.05) is 24.7 Å². The Balaban J connectivity index is 2.01. The normalized spacial score (nSPS) is 12.9. The highest BCUT2D eigenvalue weighted by Crippen LogP contribution is 2.39. The first-order chi connectivity index (χ1) is 13.9. The molecular formula is C20H27F3N2O3S. The van der Waals surface area contributed by atoms with E-state index in [-0.39, 0.29) is 24.9 Å². The summed E-state index contributed by atoms with van der Waals surface area (Å²) in [5.74, 6) is -0.393. The molecule has 0 aliphatic carbocycles. The summed E-state index contributed by atoms with van der Waals surface area (Å²) in [5.41, 5.74) is -0.500. The number of ether oxygens (including phenoxy) is 2. The van der Waals surface area contributed by atoms with Gasteiger partial charge in [0.1, 0.15) is 15.8 Å². The highest BCUT2D eigenvalue weighted by molar-refractivity contribution is 7.14. The van der Waals surface area contributed by atoms with Gasteiger partial charge in [-0.15, -0.1) is 10.2 Å². The van der Waals surface area contributed by atoms with Crippen LogP contribution in [0.3, 0.4) is 0 Å². The minimum Gasteiger partial charge on any atom is -0.493 e. The van der Waals surface area contributed by atoms with E-state index in [1.807, 2.05) is 6.92 Å². The number of hydrogen-bond donors (Lipinski definition) is 1. The molecule has 1 heterocycles. The molecule has 9 heteroatoms. The van der Waals surface area contributed by atoms with Crippen LogP contribution in [0.1, 0.15) is 56.0 Å². The topological polar surface area (TPSA) is 64.5 Å². The minimum absolute atomic E-state index is 0.0973. The number of aromatic nitrogens is 2. The van der Waals surface area contributed by atoms with Crippen LogP contribution in [-0.4, -0.2) is 41.7 Å². The highest BCUT2D eigenvalue weighted by atomic mass is 32.1. The van der Waals surface area contributed by atoms with Crippen LogP contribution in [0.25, 0.3) is 10.6 Å². The van der Waals surface area contributed by atoms with Gasteiger partial charge in [0.15, 0.2) is 0 Å². The Morgan fingerprint density at radius 1 is 1.10 bits per heavy atom. The van der Waals surface area contributed by atoms with E-state index in [1.54, 1.807) is 13.0 Å². The Bertz CT molecular complexity index is 753. The van der Waals surface area contributed by atoms with E-state index in [4.69, 9.17) is 9.47 Å². The predicted molar refractivity (Wildman–Crippen MR) is 106 cm³/mol. The zero-order chi connectivity index (χ0) is 21.3. The number of nitrogens with zero attached hydrogens (tertiary/aromatic N) is 2. The quantitative estimate of drug-likeness (QED) is 0.462. The maximum Gasteiger partial charge on any atom is 0.419 e. The number of hydrogen-bond acceptors (Lipinski definition) is 6. The van der Waals surface area contributed by atoms with Gasteiger partial charge in [-0.25, -0.2) is 0 Å². The number of halogens is 3. The third-order valence-corrected chi connectivity index (χ3v) is 5.41. The van der Waals surface area contributed by atoms with Gasteiger partial charge in [-0.2, -0.15) is 13.2 Å². The van der Waals surface area contributed by atoms with E-state index in [9.17, 15) is 18.3 Å².